The lowest BCUT2D eigenvalue weighted by atomic mass is 9.85. The van der Waals surface area contributed by atoms with Gasteiger partial charge in [-0.1, -0.05) is 18.2 Å². The number of hydrogen-bond acceptors (Lipinski definition) is 6. The number of benzene rings is 3. The molecule has 2 aliphatic heterocycles. The third-order valence-electron chi connectivity index (χ3n) is 7.85. The number of aliphatic hydroxyl groups is 1. The first-order chi connectivity index (χ1) is 18.1. The van der Waals surface area contributed by atoms with E-state index in [9.17, 15) is 5.11 Å². The van der Waals surface area contributed by atoms with Gasteiger partial charge in [-0.15, -0.1) is 0 Å². The Morgan fingerprint density at radius 3 is 2.54 bits per heavy atom. The van der Waals surface area contributed by atoms with Gasteiger partial charge in [0, 0.05) is 35.8 Å². The van der Waals surface area contributed by atoms with Crippen LogP contribution in [-0.4, -0.2) is 42.4 Å². The molecule has 0 spiro atoms. The molecule has 3 aromatic carbocycles. The van der Waals surface area contributed by atoms with Gasteiger partial charge in [-0.3, -0.25) is 4.90 Å². The molecule has 1 atom stereocenters. The van der Waals surface area contributed by atoms with Gasteiger partial charge in [0.2, 0.25) is 0 Å². The van der Waals surface area contributed by atoms with Gasteiger partial charge in [0.05, 0.1) is 26.8 Å². The van der Waals surface area contributed by atoms with Crippen LogP contribution in [0.3, 0.4) is 0 Å². The fourth-order valence-electron chi connectivity index (χ4n) is 5.98. The van der Waals surface area contributed by atoms with Gasteiger partial charge in [-0.25, -0.2) is 0 Å². The smallest absolute Gasteiger partial charge is 0.161 e. The predicted molar refractivity (Wildman–Crippen MR) is 142 cm³/mol. The molecule has 0 saturated carbocycles. The van der Waals surface area contributed by atoms with Crippen molar-refractivity contribution in [3.8, 4) is 23.0 Å². The molecule has 7 heteroatoms. The molecule has 192 valence electrons. The largest absolute Gasteiger partial charge is 0.497 e. The summed E-state index contributed by atoms with van der Waals surface area (Å²) in [5.41, 5.74) is 7.09. The molecule has 6 rings (SSSR count). The zero-order chi connectivity index (χ0) is 25.5. The van der Waals surface area contributed by atoms with Crippen LogP contribution in [-0.2, 0) is 32.7 Å². The highest BCUT2D eigenvalue weighted by Gasteiger charge is 2.36. The maximum Gasteiger partial charge on any atom is 0.161 e. The number of para-hydroxylation sites is 1. The van der Waals surface area contributed by atoms with E-state index in [-0.39, 0.29) is 12.8 Å². The third-order valence-corrected chi connectivity index (χ3v) is 7.85. The van der Waals surface area contributed by atoms with E-state index >= 15 is 0 Å². The van der Waals surface area contributed by atoms with Crippen molar-refractivity contribution in [3.63, 3.8) is 0 Å². The number of nitrogens with zero attached hydrogens (tertiary/aromatic N) is 2. The maximum atomic E-state index is 10.2. The van der Waals surface area contributed by atoms with Crippen LogP contribution in [0, 0.1) is 0 Å². The van der Waals surface area contributed by atoms with Gasteiger partial charge in [-0.2, -0.15) is 0 Å². The Labute approximate surface area is 216 Å². The maximum absolute atomic E-state index is 10.2. The Morgan fingerprint density at radius 2 is 1.76 bits per heavy atom. The summed E-state index contributed by atoms with van der Waals surface area (Å²) >= 11 is 0. The molecule has 4 aromatic rings. The van der Waals surface area contributed by atoms with Crippen molar-refractivity contribution >= 4 is 10.9 Å². The third kappa shape index (κ3) is 3.99. The van der Waals surface area contributed by atoms with E-state index in [1.165, 1.54) is 22.4 Å². The molecule has 2 aliphatic rings. The summed E-state index contributed by atoms with van der Waals surface area (Å²) in [6.45, 7) is 2.12. The molecule has 1 aromatic heterocycles. The number of aromatic nitrogens is 1. The molecule has 0 bridgehead atoms. The second kappa shape index (κ2) is 9.65. The molecule has 1 N–H and O–H groups in total. The van der Waals surface area contributed by atoms with Crippen LogP contribution < -0.4 is 18.9 Å². The average Bonchev–Trinajstić information content (AvgIpc) is 3.26. The first-order valence-electron chi connectivity index (χ1n) is 12.6. The van der Waals surface area contributed by atoms with Crippen molar-refractivity contribution in [3.05, 3.63) is 82.5 Å². The number of rotatable bonds is 7. The molecule has 0 radical (unpaired) electrons. The second-order valence-electron chi connectivity index (χ2n) is 9.62. The quantitative estimate of drug-likeness (QED) is 0.391. The molecular formula is C30H32N2O5. The number of fused-ring (bicyclic) bond motifs is 6. The van der Waals surface area contributed by atoms with Crippen molar-refractivity contribution in [1.82, 2.24) is 9.47 Å². The summed E-state index contributed by atoms with van der Waals surface area (Å²) in [5, 5.41) is 11.4. The number of ether oxygens (including phenoxy) is 4. The Bertz CT molecular complexity index is 1460. The van der Waals surface area contributed by atoms with Crippen molar-refractivity contribution in [1.29, 1.82) is 0 Å². The molecule has 37 heavy (non-hydrogen) atoms. The SMILES string of the molecule is COc1ccc2c(c1)c1c(n2CO)CN2CCc3cc(OCc4ccccc4OC)c(OC)cc3C2C1. The van der Waals surface area contributed by atoms with Gasteiger partial charge >= 0.3 is 0 Å². The van der Waals surface area contributed by atoms with E-state index in [2.05, 4.69) is 23.1 Å². The number of hydrogen-bond donors (Lipinski definition) is 1. The Balaban J connectivity index is 1.35. The highest BCUT2D eigenvalue weighted by atomic mass is 16.5. The molecule has 7 nitrogen and oxygen atoms in total. The highest BCUT2D eigenvalue weighted by molar-refractivity contribution is 5.87. The van der Waals surface area contributed by atoms with Crippen LogP contribution in [0.1, 0.15) is 34.0 Å². The monoisotopic (exact) mass is 500 g/mol. The second-order valence-corrected chi connectivity index (χ2v) is 9.62. The first-order valence-corrected chi connectivity index (χ1v) is 12.6. The molecule has 1 unspecified atom stereocenters. The molecule has 0 amide bonds. The van der Waals surface area contributed by atoms with Gasteiger partial charge in [-0.05, 0) is 65.9 Å². The average molecular weight is 501 g/mol. The molecule has 0 fully saturated rings. The van der Waals surface area contributed by atoms with Gasteiger partial charge in [0.1, 0.15) is 24.8 Å². The highest BCUT2D eigenvalue weighted by Crippen LogP contribution is 2.45. The Kier molecular flexibility index (Phi) is 6.18. The summed E-state index contributed by atoms with van der Waals surface area (Å²) < 4.78 is 25.1. The fraction of sp³-hybridized carbons (Fsp3) is 0.333. The van der Waals surface area contributed by atoms with Crippen LogP contribution in [0.5, 0.6) is 23.0 Å². The van der Waals surface area contributed by atoms with Crippen LogP contribution in [0.25, 0.3) is 10.9 Å². The summed E-state index contributed by atoms with van der Waals surface area (Å²) in [4.78, 5) is 2.52. The normalized spacial score (nSPS) is 16.6. The van der Waals surface area contributed by atoms with Crippen molar-refractivity contribution in [2.75, 3.05) is 27.9 Å². The molecule has 3 heterocycles. The van der Waals surface area contributed by atoms with Crippen LogP contribution in [0.4, 0.5) is 0 Å². The lowest BCUT2D eigenvalue weighted by Crippen LogP contribution is -2.39. The molecule has 0 aliphatic carbocycles. The van der Waals surface area contributed by atoms with E-state index in [0.717, 1.165) is 65.4 Å². The van der Waals surface area contributed by atoms with Crippen LogP contribution in [0.2, 0.25) is 0 Å². The minimum absolute atomic E-state index is 0.0338. The zero-order valence-electron chi connectivity index (χ0n) is 21.5. The number of aliphatic hydroxyl groups excluding tert-OH is 1. The van der Waals surface area contributed by atoms with Crippen LogP contribution in [0.15, 0.2) is 54.6 Å². The fourth-order valence-corrected chi connectivity index (χ4v) is 5.98. The predicted octanol–water partition coefficient (Wildman–Crippen LogP) is 4.85. The molecular weight excluding hydrogens is 468 g/mol. The van der Waals surface area contributed by atoms with Gasteiger partial charge in [0.15, 0.2) is 11.5 Å². The summed E-state index contributed by atoms with van der Waals surface area (Å²) in [6.07, 6.45) is 1.80. The zero-order valence-corrected chi connectivity index (χ0v) is 21.5. The van der Waals surface area contributed by atoms with E-state index in [4.69, 9.17) is 18.9 Å². The van der Waals surface area contributed by atoms with E-state index in [1.807, 2.05) is 41.0 Å². The van der Waals surface area contributed by atoms with Crippen molar-refractivity contribution in [2.24, 2.45) is 0 Å². The Morgan fingerprint density at radius 1 is 0.919 bits per heavy atom. The minimum atomic E-state index is -0.0338. The van der Waals surface area contributed by atoms with E-state index in [0.29, 0.717) is 6.61 Å². The first kappa shape index (κ1) is 23.7. The van der Waals surface area contributed by atoms with E-state index < -0.39 is 0 Å². The topological polar surface area (TPSA) is 65.3 Å². The van der Waals surface area contributed by atoms with Crippen molar-refractivity contribution < 1.29 is 24.1 Å². The van der Waals surface area contributed by atoms with E-state index in [1.54, 1.807) is 21.3 Å². The van der Waals surface area contributed by atoms with Gasteiger partial charge in [0.25, 0.3) is 0 Å². The minimum Gasteiger partial charge on any atom is -0.497 e. The standard InChI is InChI=1S/C30H32N2O5/c1-34-21-8-9-25-23(13-21)24-14-26-22-15-29(36-3)30(37-17-20-6-4-5-7-28(20)35-2)12-19(22)10-11-31(26)16-27(24)32(25)18-33/h4-9,12-13,15,26,33H,10-11,14,16-18H2,1-3H3. The summed E-state index contributed by atoms with van der Waals surface area (Å²) in [7, 11) is 5.06. The summed E-state index contributed by atoms with van der Waals surface area (Å²) in [5.74, 6) is 3.13. The van der Waals surface area contributed by atoms with Crippen LogP contribution >= 0.6 is 0 Å². The lowest BCUT2D eigenvalue weighted by molar-refractivity contribution is 0.145. The summed E-state index contributed by atoms with van der Waals surface area (Å²) in [6, 6.07) is 18.5. The Hall–Kier alpha value is -3.68. The lowest BCUT2D eigenvalue weighted by Gasteiger charge is -2.41. The number of methoxy groups -OCH3 is 3. The van der Waals surface area contributed by atoms with Gasteiger partial charge < -0.3 is 28.6 Å². The van der Waals surface area contributed by atoms with Crippen molar-refractivity contribution in [2.45, 2.75) is 38.8 Å². The molecule has 0 saturated heterocycles.